The van der Waals surface area contributed by atoms with Crippen LogP contribution in [0.2, 0.25) is 0 Å². The second kappa shape index (κ2) is 6.17. The van der Waals surface area contributed by atoms with Gasteiger partial charge in [-0.2, -0.15) is 0 Å². The van der Waals surface area contributed by atoms with E-state index in [-0.39, 0.29) is 29.9 Å². The average Bonchev–Trinajstić information content (AvgIpc) is 3.09. The largest absolute Gasteiger partial charge is 0.326 e. The first-order valence-corrected chi connectivity index (χ1v) is 7.40. The lowest BCUT2D eigenvalue weighted by atomic mass is 10.2. The van der Waals surface area contributed by atoms with Crippen molar-refractivity contribution >= 4 is 22.4 Å². The summed E-state index contributed by atoms with van der Waals surface area (Å²) in [6.07, 6.45) is 2.14. The molecule has 0 spiro atoms. The molecule has 1 saturated carbocycles. The summed E-state index contributed by atoms with van der Waals surface area (Å²) in [4.78, 5) is 0.104. The molecule has 108 valence electrons. The van der Waals surface area contributed by atoms with Crippen LogP contribution >= 0.6 is 12.4 Å². The monoisotopic (exact) mass is 308 g/mol. The molecule has 0 amide bonds. The first-order valence-electron chi connectivity index (χ1n) is 5.91. The van der Waals surface area contributed by atoms with Crippen LogP contribution in [0.3, 0.4) is 0 Å². The van der Waals surface area contributed by atoms with Gasteiger partial charge in [0.1, 0.15) is 5.82 Å². The quantitative estimate of drug-likeness (QED) is 0.867. The highest BCUT2D eigenvalue weighted by Gasteiger charge is 2.29. The van der Waals surface area contributed by atoms with Crippen LogP contribution in [0.1, 0.15) is 18.4 Å². The van der Waals surface area contributed by atoms with Gasteiger partial charge in [-0.15, -0.1) is 12.4 Å². The number of nitrogens with one attached hydrogen (secondary N) is 1. The van der Waals surface area contributed by atoms with E-state index in [1.165, 1.54) is 12.1 Å². The molecule has 0 radical (unpaired) electrons. The molecule has 7 heteroatoms. The summed E-state index contributed by atoms with van der Waals surface area (Å²) in [7, 11) is -3.61. The second-order valence-corrected chi connectivity index (χ2v) is 6.50. The zero-order valence-electron chi connectivity index (χ0n) is 10.6. The molecule has 19 heavy (non-hydrogen) atoms. The molecule has 1 aromatic rings. The van der Waals surface area contributed by atoms with E-state index in [2.05, 4.69) is 4.72 Å². The number of hydrogen-bond acceptors (Lipinski definition) is 3. The molecule has 1 unspecified atom stereocenters. The lowest BCUT2D eigenvalue weighted by molar-refractivity contribution is 0.547. The minimum atomic E-state index is -3.61. The van der Waals surface area contributed by atoms with Crippen LogP contribution in [-0.2, 0) is 10.0 Å². The Labute approximate surface area is 119 Å². The standard InChI is InChI=1S/C12H17FN2O2S.ClH/c1-8-6-10(13)4-5-12(8)18(16,17)15-7-11(14)9-2-3-9;/h4-6,9,11,15H,2-3,7,14H2,1H3;1H. The van der Waals surface area contributed by atoms with Crippen molar-refractivity contribution in [1.29, 1.82) is 0 Å². The van der Waals surface area contributed by atoms with E-state index < -0.39 is 15.8 Å². The van der Waals surface area contributed by atoms with E-state index >= 15 is 0 Å². The minimum absolute atomic E-state index is 0. The fourth-order valence-electron chi connectivity index (χ4n) is 1.89. The normalized spacial score (nSPS) is 16.8. The third-order valence-corrected chi connectivity index (χ3v) is 4.75. The third-order valence-electron chi connectivity index (χ3n) is 3.16. The molecule has 2 rings (SSSR count). The summed E-state index contributed by atoms with van der Waals surface area (Å²) < 4.78 is 39.5. The molecule has 0 aliphatic heterocycles. The van der Waals surface area contributed by atoms with Crippen LogP contribution in [0, 0.1) is 18.7 Å². The number of nitrogens with two attached hydrogens (primary N) is 1. The number of sulfonamides is 1. The highest BCUT2D eigenvalue weighted by molar-refractivity contribution is 7.89. The molecule has 1 aromatic carbocycles. The summed E-state index contributed by atoms with van der Waals surface area (Å²) in [6, 6.07) is 3.48. The van der Waals surface area contributed by atoms with Crippen molar-refractivity contribution in [3.8, 4) is 0 Å². The predicted octanol–water partition coefficient (Wildman–Crippen LogP) is 1.57. The molecular weight excluding hydrogens is 291 g/mol. The maximum absolute atomic E-state index is 12.9. The van der Waals surface area contributed by atoms with Gasteiger partial charge in [-0.05, 0) is 49.4 Å². The third kappa shape index (κ3) is 4.14. The molecule has 1 atom stereocenters. The Hall–Kier alpha value is -0.690. The van der Waals surface area contributed by atoms with Gasteiger partial charge < -0.3 is 5.73 Å². The van der Waals surface area contributed by atoms with Gasteiger partial charge in [-0.1, -0.05) is 0 Å². The van der Waals surface area contributed by atoms with Crippen molar-refractivity contribution in [1.82, 2.24) is 4.72 Å². The SMILES string of the molecule is Cc1cc(F)ccc1S(=O)(=O)NCC(N)C1CC1.Cl. The molecule has 1 aliphatic rings. The number of benzene rings is 1. The Kier molecular flexibility index (Phi) is 5.32. The molecule has 0 bridgehead atoms. The molecule has 0 heterocycles. The number of aryl methyl sites for hydroxylation is 1. The fraction of sp³-hybridized carbons (Fsp3) is 0.500. The van der Waals surface area contributed by atoms with Crippen LogP contribution in [0.15, 0.2) is 23.1 Å². The van der Waals surface area contributed by atoms with Gasteiger partial charge in [0.25, 0.3) is 0 Å². The Morgan fingerprint density at radius 3 is 2.63 bits per heavy atom. The lowest BCUT2D eigenvalue weighted by Crippen LogP contribution is -2.38. The predicted molar refractivity (Wildman–Crippen MR) is 74.3 cm³/mol. The van der Waals surface area contributed by atoms with Crippen LogP contribution < -0.4 is 10.5 Å². The smallest absolute Gasteiger partial charge is 0.240 e. The van der Waals surface area contributed by atoms with Crippen molar-refractivity contribution in [2.45, 2.75) is 30.7 Å². The zero-order valence-corrected chi connectivity index (χ0v) is 12.2. The maximum atomic E-state index is 12.9. The summed E-state index contributed by atoms with van der Waals surface area (Å²) in [5.74, 6) is -0.0110. The zero-order chi connectivity index (χ0) is 13.3. The Morgan fingerprint density at radius 2 is 2.11 bits per heavy atom. The van der Waals surface area contributed by atoms with Crippen LogP contribution in [0.5, 0.6) is 0 Å². The van der Waals surface area contributed by atoms with E-state index in [4.69, 9.17) is 5.73 Å². The molecule has 4 nitrogen and oxygen atoms in total. The van der Waals surface area contributed by atoms with Gasteiger partial charge in [0, 0.05) is 12.6 Å². The summed E-state index contributed by atoms with van der Waals surface area (Å²) in [5, 5.41) is 0. The van der Waals surface area contributed by atoms with Gasteiger partial charge in [0.15, 0.2) is 0 Å². The minimum Gasteiger partial charge on any atom is -0.326 e. The first-order chi connectivity index (χ1) is 8.40. The number of halogens is 2. The van der Waals surface area contributed by atoms with E-state index in [0.29, 0.717) is 11.5 Å². The molecule has 0 aromatic heterocycles. The fourth-order valence-corrected chi connectivity index (χ4v) is 3.19. The van der Waals surface area contributed by atoms with Crippen molar-refractivity contribution in [3.63, 3.8) is 0 Å². The van der Waals surface area contributed by atoms with Crippen LogP contribution in [0.25, 0.3) is 0 Å². The lowest BCUT2D eigenvalue weighted by Gasteiger charge is -2.13. The van der Waals surface area contributed by atoms with E-state index in [1.54, 1.807) is 6.92 Å². The van der Waals surface area contributed by atoms with Gasteiger partial charge in [-0.3, -0.25) is 0 Å². The Morgan fingerprint density at radius 1 is 1.47 bits per heavy atom. The van der Waals surface area contributed by atoms with Gasteiger partial charge >= 0.3 is 0 Å². The van der Waals surface area contributed by atoms with Crippen molar-refractivity contribution in [2.24, 2.45) is 11.7 Å². The Bertz CT molecular complexity index is 547. The van der Waals surface area contributed by atoms with E-state index in [0.717, 1.165) is 18.9 Å². The molecule has 0 saturated heterocycles. The average molecular weight is 309 g/mol. The molecule has 1 aliphatic carbocycles. The van der Waals surface area contributed by atoms with Gasteiger partial charge in [0.2, 0.25) is 10.0 Å². The summed E-state index contributed by atoms with van der Waals surface area (Å²) in [6.45, 7) is 1.79. The van der Waals surface area contributed by atoms with Gasteiger partial charge in [0.05, 0.1) is 4.90 Å². The maximum Gasteiger partial charge on any atom is 0.240 e. The van der Waals surface area contributed by atoms with Crippen molar-refractivity contribution in [2.75, 3.05) is 6.54 Å². The summed E-state index contributed by atoms with van der Waals surface area (Å²) in [5.41, 5.74) is 6.23. The first kappa shape index (κ1) is 16.4. The number of hydrogen-bond donors (Lipinski definition) is 2. The van der Waals surface area contributed by atoms with Crippen LogP contribution in [-0.4, -0.2) is 21.0 Å². The molecule has 1 fully saturated rings. The van der Waals surface area contributed by atoms with Crippen molar-refractivity contribution in [3.05, 3.63) is 29.6 Å². The van der Waals surface area contributed by atoms with E-state index in [1.807, 2.05) is 0 Å². The highest BCUT2D eigenvalue weighted by atomic mass is 35.5. The van der Waals surface area contributed by atoms with E-state index in [9.17, 15) is 12.8 Å². The number of rotatable bonds is 5. The highest BCUT2D eigenvalue weighted by Crippen LogP contribution is 2.31. The van der Waals surface area contributed by atoms with Gasteiger partial charge in [-0.25, -0.2) is 17.5 Å². The van der Waals surface area contributed by atoms with Crippen molar-refractivity contribution < 1.29 is 12.8 Å². The summed E-state index contributed by atoms with van der Waals surface area (Å²) >= 11 is 0. The molecule has 3 N–H and O–H groups in total. The second-order valence-electron chi connectivity index (χ2n) is 4.76. The van der Waals surface area contributed by atoms with Crippen LogP contribution in [0.4, 0.5) is 4.39 Å². The Balaban J connectivity index is 0.00000180. The molecular formula is C12H18ClFN2O2S. The topological polar surface area (TPSA) is 72.2 Å².